The quantitative estimate of drug-likeness (QED) is 0.670. The van der Waals surface area contributed by atoms with Crippen LogP contribution in [0.15, 0.2) is 72.1 Å². The summed E-state index contributed by atoms with van der Waals surface area (Å²) in [6.45, 7) is -0.484. The molecule has 1 aromatic heterocycles. The van der Waals surface area contributed by atoms with Gasteiger partial charge in [-0.25, -0.2) is 9.18 Å². The van der Waals surface area contributed by atoms with Crippen LogP contribution in [-0.2, 0) is 9.53 Å². The number of halogens is 1. The highest BCUT2D eigenvalue weighted by Crippen LogP contribution is 2.25. The smallest absolute Gasteiger partial charge is 0.341 e. The molecule has 4 nitrogen and oxygen atoms in total. The number of carbonyl (C=O) groups is 2. The number of amides is 1. The van der Waals surface area contributed by atoms with Crippen molar-refractivity contribution in [3.8, 4) is 0 Å². The van der Waals surface area contributed by atoms with E-state index in [0.29, 0.717) is 0 Å². The molecule has 0 fully saturated rings. The van der Waals surface area contributed by atoms with E-state index < -0.39 is 24.3 Å². The van der Waals surface area contributed by atoms with Crippen LogP contribution in [0.2, 0.25) is 0 Å². The molecule has 1 heterocycles. The Hall–Kier alpha value is -2.99. The molecule has 1 amide bonds. The van der Waals surface area contributed by atoms with Crippen molar-refractivity contribution in [1.82, 2.24) is 5.32 Å². The van der Waals surface area contributed by atoms with Gasteiger partial charge in [-0.1, -0.05) is 48.5 Å². The normalized spacial score (nSPS) is 11.6. The second-order valence-electron chi connectivity index (χ2n) is 5.48. The molecule has 0 aliphatic heterocycles. The Morgan fingerprint density at radius 3 is 2.42 bits per heavy atom. The summed E-state index contributed by atoms with van der Waals surface area (Å²) in [6, 6.07) is 18.5. The summed E-state index contributed by atoms with van der Waals surface area (Å²) in [7, 11) is 0. The van der Waals surface area contributed by atoms with E-state index >= 15 is 0 Å². The number of thiophene rings is 1. The first-order chi connectivity index (χ1) is 12.6. The number of esters is 1. The molecule has 0 aliphatic carbocycles. The molecular formula is C20H16FNO3S. The molecule has 0 saturated heterocycles. The van der Waals surface area contributed by atoms with Gasteiger partial charge in [0.05, 0.1) is 11.6 Å². The molecule has 1 N–H and O–H groups in total. The number of nitrogens with one attached hydrogen (secondary N) is 1. The third-order valence-electron chi connectivity index (χ3n) is 3.69. The van der Waals surface area contributed by atoms with E-state index in [1.165, 1.54) is 35.6 Å². The minimum atomic E-state index is -0.870. The maximum Gasteiger partial charge on any atom is 0.341 e. The molecule has 0 spiro atoms. The van der Waals surface area contributed by atoms with Gasteiger partial charge < -0.3 is 10.1 Å². The van der Waals surface area contributed by atoms with Crippen molar-refractivity contribution in [1.29, 1.82) is 0 Å². The maximum absolute atomic E-state index is 13.6. The van der Waals surface area contributed by atoms with E-state index in [2.05, 4.69) is 5.32 Å². The third-order valence-corrected chi connectivity index (χ3v) is 4.63. The first-order valence-corrected chi connectivity index (χ1v) is 8.82. The Morgan fingerprint density at radius 2 is 1.73 bits per heavy atom. The van der Waals surface area contributed by atoms with Gasteiger partial charge in [-0.15, -0.1) is 11.3 Å². The Morgan fingerprint density at radius 1 is 1.00 bits per heavy atom. The fraction of sp³-hybridized carbons (Fsp3) is 0.100. The van der Waals surface area contributed by atoms with Crippen molar-refractivity contribution in [2.75, 3.05) is 6.61 Å². The number of hydrogen-bond acceptors (Lipinski definition) is 4. The molecule has 0 radical (unpaired) electrons. The van der Waals surface area contributed by atoms with E-state index in [1.807, 2.05) is 47.8 Å². The van der Waals surface area contributed by atoms with Crippen molar-refractivity contribution in [2.45, 2.75) is 6.04 Å². The first kappa shape index (κ1) is 17.8. The lowest BCUT2D eigenvalue weighted by molar-refractivity contribution is -0.124. The van der Waals surface area contributed by atoms with E-state index in [1.54, 1.807) is 0 Å². The first-order valence-electron chi connectivity index (χ1n) is 7.94. The van der Waals surface area contributed by atoms with Crippen LogP contribution in [0.4, 0.5) is 4.39 Å². The van der Waals surface area contributed by atoms with Gasteiger partial charge in [-0.3, -0.25) is 4.79 Å². The lowest BCUT2D eigenvalue weighted by Crippen LogP contribution is -2.32. The van der Waals surface area contributed by atoms with Crippen molar-refractivity contribution in [2.24, 2.45) is 0 Å². The van der Waals surface area contributed by atoms with Gasteiger partial charge in [0.15, 0.2) is 6.61 Å². The summed E-state index contributed by atoms with van der Waals surface area (Å²) in [6.07, 6.45) is 0. The van der Waals surface area contributed by atoms with E-state index in [4.69, 9.17) is 4.74 Å². The zero-order chi connectivity index (χ0) is 18.4. The van der Waals surface area contributed by atoms with Gasteiger partial charge in [-0.05, 0) is 29.1 Å². The van der Waals surface area contributed by atoms with Crippen LogP contribution in [0.25, 0.3) is 0 Å². The molecule has 6 heteroatoms. The maximum atomic E-state index is 13.6. The van der Waals surface area contributed by atoms with Crippen molar-refractivity contribution in [3.63, 3.8) is 0 Å². The van der Waals surface area contributed by atoms with Crippen LogP contribution in [0, 0.1) is 5.82 Å². The van der Waals surface area contributed by atoms with E-state index in [-0.39, 0.29) is 11.6 Å². The Bertz CT molecular complexity index is 881. The van der Waals surface area contributed by atoms with Crippen LogP contribution in [0.3, 0.4) is 0 Å². The third kappa shape index (κ3) is 4.34. The van der Waals surface area contributed by atoms with Gasteiger partial charge in [0.1, 0.15) is 5.82 Å². The lowest BCUT2D eigenvalue weighted by atomic mass is 10.1. The number of hydrogen-bond donors (Lipinski definition) is 1. The highest BCUT2D eigenvalue weighted by molar-refractivity contribution is 7.10. The monoisotopic (exact) mass is 369 g/mol. The minimum absolute atomic E-state index is 0.196. The number of benzene rings is 2. The van der Waals surface area contributed by atoms with Gasteiger partial charge in [0, 0.05) is 4.88 Å². The molecule has 0 aliphatic rings. The minimum Gasteiger partial charge on any atom is -0.452 e. The number of rotatable bonds is 6. The Labute approximate surface area is 154 Å². The van der Waals surface area contributed by atoms with Crippen LogP contribution in [0.1, 0.15) is 26.8 Å². The standard InChI is InChI=1S/C20H16FNO3S/c21-16-10-5-4-9-15(16)20(24)25-13-18(23)22-19(17-11-6-12-26-17)14-7-2-1-3-8-14/h1-12,19H,13H2,(H,22,23). The molecule has 132 valence electrons. The zero-order valence-corrected chi connectivity index (χ0v) is 14.5. The molecule has 1 unspecified atom stereocenters. The molecule has 26 heavy (non-hydrogen) atoms. The number of carbonyl (C=O) groups excluding carboxylic acids is 2. The van der Waals surface area contributed by atoms with Gasteiger partial charge in [0.2, 0.25) is 0 Å². The second-order valence-corrected chi connectivity index (χ2v) is 6.46. The van der Waals surface area contributed by atoms with Gasteiger partial charge in [0.25, 0.3) is 5.91 Å². The molecule has 1 atom stereocenters. The summed E-state index contributed by atoms with van der Waals surface area (Å²) in [4.78, 5) is 25.1. The average Bonchev–Trinajstić information content (AvgIpc) is 3.19. The zero-order valence-electron chi connectivity index (χ0n) is 13.7. The fourth-order valence-electron chi connectivity index (χ4n) is 2.46. The summed E-state index contributed by atoms with van der Waals surface area (Å²) >= 11 is 1.52. The Balaban J connectivity index is 1.65. The SMILES string of the molecule is O=C(COC(=O)c1ccccc1F)NC(c1ccccc1)c1cccs1. The Kier molecular flexibility index (Phi) is 5.76. The number of ether oxygens (including phenoxy) is 1. The summed E-state index contributed by atoms with van der Waals surface area (Å²) in [5.74, 6) is -2.01. The van der Waals surface area contributed by atoms with Crippen LogP contribution in [0.5, 0.6) is 0 Å². The summed E-state index contributed by atoms with van der Waals surface area (Å²) in [5.41, 5.74) is 0.724. The van der Waals surface area contributed by atoms with Crippen LogP contribution < -0.4 is 5.32 Å². The highest BCUT2D eigenvalue weighted by atomic mass is 32.1. The van der Waals surface area contributed by atoms with Crippen LogP contribution in [-0.4, -0.2) is 18.5 Å². The van der Waals surface area contributed by atoms with Gasteiger partial charge in [-0.2, -0.15) is 0 Å². The lowest BCUT2D eigenvalue weighted by Gasteiger charge is -2.18. The van der Waals surface area contributed by atoms with E-state index in [0.717, 1.165) is 10.4 Å². The second kappa shape index (κ2) is 8.40. The summed E-state index contributed by atoms with van der Waals surface area (Å²) in [5, 5.41) is 4.78. The van der Waals surface area contributed by atoms with Crippen LogP contribution >= 0.6 is 11.3 Å². The molecule has 2 aromatic carbocycles. The van der Waals surface area contributed by atoms with Crippen molar-refractivity contribution < 1.29 is 18.7 Å². The van der Waals surface area contributed by atoms with Gasteiger partial charge >= 0.3 is 5.97 Å². The topological polar surface area (TPSA) is 55.4 Å². The predicted octanol–water partition coefficient (Wildman–Crippen LogP) is 3.95. The molecule has 0 saturated carbocycles. The molecule has 3 aromatic rings. The van der Waals surface area contributed by atoms with E-state index in [9.17, 15) is 14.0 Å². The van der Waals surface area contributed by atoms with Crippen molar-refractivity contribution in [3.05, 3.63) is 93.9 Å². The highest BCUT2D eigenvalue weighted by Gasteiger charge is 2.19. The molecule has 3 rings (SSSR count). The summed E-state index contributed by atoms with van der Waals surface area (Å²) < 4.78 is 18.5. The molecular weight excluding hydrogens is 353 g/mol. The molecule has 0 bridgehead atoms. The van der Waals surface area contributed by atoms with Crippen molar-refractivity contribution >= 4 is 23.2 Å². The average molecular weight is 369 g/mol. The predicted molar refractivity (Wildman–Crippen MR) is 97.4 cm³/mol. The largest absolute Gasteiger partial charge is 0.452 e. The fourth-order valence-corrected chi connectivity index (χ4v) is 3.26.